The highest BCUT2D eigenvalue weighted by molar-refractivity contribution is 5.26. The number of aromatic hydroxyl groups is 1. The van der Waals surface area contributed by atoms with Crippen LogP contribution in [-0.4, -0.2) is 23.9 Å². The highest BCUT2D eigenvalue weighted by Crippen LogP contribution is 2.18. The fourth-order valence-corrected chi connectivity index (χ4v) is 2.02. The van der Waals surface area contributed by atoms with Crippen LogP contribution in [0, 0.1) is 0 Å². The maximum atomic E-state index is 13.8. The summed E-state index contributed by atoms with van der Waals surface area (Å²) in [5.74, 6) is 0.230. The lowest BCUT2D eigenvalue weighted by Gasteiger charge is -2.15. The largest absolute Gasteiger partial charge is 0.508 e. The van der Waals surface area contributed by atoms with Crippen LogP contribution in [-0.2, 0) is 6.42 Å². The first-order valence-corrected chi connectivity index (χ1v) is 5.41. The number of phenols is 1. The van der Waals surface area contributed by atoms with Crippen molar-refractivity contribution in [3.63, 3.8) is 0 Å². The van der Waals surface area contributed by atoms with Gasteiger partial charge in [0.15, 0.2) is 0 Å². The average Bonchev–Trinajstić information content (AvgIpc) is 2.74. The molecular weight excluding hydrogens is 193 g/mol. The molecular formula is C12H16FNO. The molecule has 0 spiro atoms. The molecule has 1 aromatic carbocycles. The van der Waals surface area contributed by atoms with Gasteiger partial charge in [-0.2, -0.15) is 0 Å². The third kappa shape index (κ3) is 2.69. The molecule has 15 heavy (non-hydrogen) atoms. The Morgan fingerprint density at radius 1 is 1.40 bits per heavy atom. The zero-order chi connectivity index (χ0) is 10.7. The zero-order valence-electron chi connectivity index (χ0n) is 8.62. The minimum atomic E-state index is -0.822. The molecule has 1 aliphatic rings. The summed E-state index contributed by atoms with van der Waals surface area (Å²) in [4.78, 5) is 0. The molecule has 2 N–H and O–H groups in total. The van der Waals surface area contributed by atoms with Gasteiger partial charge in [-0.05, 0) is 37.1 Å². The van der Waals surface area contributed by atoms with E-state index in [1.165, 1.54) is 0 Å². The van der Waals surface area contributed by atoms with E-state index < -0.39 is 6.17 Å². The molecule has 0 bridgehead atoms. The van der Waals surface area contributed by atoms with E-state index in [2.05, 4.69) is 5.32 Å². The molecule has 2 atom stereocenters. The van der Waals surface area contributed by atoms with E-state index >= 15 is 0 Å². The summed E-state index contributed by atoms with van der Waals surface area (Å²) in [5.41, 5.74) is 0.939. The second-order valence-electron chi connectivity index (χ2n) is 4.09. The number of nitrogens with one attached hydrogen (secondary N) is 1. The van der Waals surface area contributed by atoms with Gasteiger partial charge in [0.05, 0.1) is 0 Å². The molecule has 2 nitrogen and oxygen atoms in total. The Bertz CT molecular complexity index is 306. The van der Waals surface area contributed by atoms with Gasteiger partial charge in [-0.15, -0.1) is 0 Å². The maximum absolute atomic E-state index is 13.8. The molecule has 82 valence electrons. The first-order chi connectivity index (χ1) is 7.25. The number of hydrogen-bond acceptors (Lipinski definition) is 2. The van der Waals surface area contributed by atoms with E-state index in [0.29, 0.717) is 6.42 Å². The van der Waals surface area contributed by atoms with Gasteiger partial charge in [0.25, 0.3) is 0 Å². The minimum absolute atomic E-state index is 0.0128. The summed E-state index contributed by atoms with van der Waals surface area (Å²) < 4.78 is 13.8. The van der Waals surface area contributed by atoms with Crippen molar-refractivity contribution in [3.8, 4) is 5.75 Å². The van der Waals surface area contributed by atoms with Gasteiger partial charge in [-0.25, -0.2) is 4.39 Å². The molecule has 0 aliphatic carbocycles. The predicted octanol–water partition coefficient (Wildman–Crippen LogP) is 2.02. The average molecular weight is 209 g/mol. The Morgan fingerprint density at radius 3 is 2.73 bits per heavy atom. The zero-order valence-corrected chi connectivity index (χ0v) is 8.62. The lowest BCUT2D eigenvalue weighted by atomic mass is 10.0. The molecule has 0 radical (unpaired) electrons. The Kier molecular flexibility index (Phi) is 3.21. The Hall–Kier alpha value is -1.09. The normalized spacial score (nSPS) is 22.9. The molecule has 1 saturated heterocycles. The quantitative estimate of drug-likeness (QED) is 0.798. The van der Waals surface area contributed by atoms with E-state index in [9.17, 15) is 4.39 Å². The molecule has 0 saturated carbocycles. The van der Waals surface area contributed by atoms with Crippen LogP contribution in [0.2, 0.25) is 0 Å². The van der Waals surface area contributed by atoms with E-state index in [1.807, 2.05) is 0 Å². The van der Waals surface area contributed by atoms with Crippen molar-refractivity contribution >= 4 is 0 Å². The first kappa shape index (κ1) is 10.4. The number of hydrogen-bond donors (Lipinski definition) is 2. The van der Waals surface area contributed by atoms with Crippen molar-refractivity contribution < 1.29 is 9.50 Å². The van der Waals surface area contributed by atoms with Crippen molar-refractivity contribution in [1.29, 1.82) is 0 Å². The number of alkyl halides is 1. The molecule has 2 rings (SSSR count). The fourth-order valence-electron chi connectivity index (χ4n) is 2.02. The molecule has 1 heterocycles. The maximum Gasteiger partial charge on any atom is 0.119 e. The van der Waals surface area contributed by atoms with Gasteiger partial charge in [0.2, 0.25) is 0 Å². The molecule has 2 unspecified atom stereocenters. The van der Waals surface area contributed by atoms with Crippen molar-refractivity contribution in [1.82, 2.24) is 5.32 Å². The standard InChI is InChI=1S/C12H16FNO/c13-11(12-2-1-7-14-12)8-9-3-5-10(15)6-4-9/h3-6,11-12,14-15H,1-2,7-8H2. The Labute approximate surface area is 89.1 Å². The minimum Gasteiger partial charge on any atom is -0.508 e. The van der Waals surface area contributed by atoms with Crippen LogP contribution in [0.25, 0.3) is 0 Å². The van der Waals surface area contributed by atoms with Crippen LogP contribution in [0.15, 0.2) is 24.3 Å². The number of rotatable bonds is 3. The summed E-state index contributed by atoms with van der Waals surface area (Å²) in [7, 11) is 0. The summed E-state index contributed by atoms with van der Waals surface area (Å²) in [6, 6.07) is 6.76. The summed E-state index contributed by atoms with van der Waals surface area (Å²) in [6.07, 6.45) is 1.61. The van der Waals surface area contributed by atoms with Crippen molar-refractivity contribution in [2.75, 3.05) is 6.54 Å². The van der Waals surface area contributed by atoms with E-state index in [0.717, 1.165) is 24.9 Å². The molecule has 1 aromatic rings. The molecule has 0 aromatic heterocycles. The molecule has 3 heteroatoms. The third-order valence-electron chi connectivity index (χ3n) is 2.90. The van der Waals surface area contributed by atoms with Crippen LogP contribution >= 0.6 is 0 Å². The van der Waals surface area contributed by atoms with Gasteiger partial charge < -0.3 is 10.4 Å². The lowest BCUT2D eigenvalue weighted by Crippen LogP contribution is -2.33. The van der Waals surface area contributed by atoms with Crippen molar-refractivity contribution in [2.24, 2.45) is 0 Å². The number of halogens is 1. The van der Waals surface area contributed by atoms with Crippen molar-refractivity contribution in [2.45, 2.75) is 31.5 Å². The molecule has 0 amide bonds. The number of phenolic OH excluding ortho intramolecular Hbond substituents is 1. The smallest absolute Gasteiger partial charge is 0.119 e. The van der Waals surface area contributed by atoms with E-state index in [4.69, 9.17) is 5.11 Å². The van der Waals surface area contributed by atoms with Crippen molar-refractivity contribution in [3.05, 3.63) is 29.8 Å². The first-order valence-electron chi connectivity index (χ1n) is 5.41. The van der Waals surface area contributed by atoms with Crippen LogP contribution in [0.5, 0.6) is 5.75 Å². The van der Waals surface area contributed by atoms with Crippen LogP contribution < -0.4 is 5.32 Å². The Balaban J connectivity index is 1.92. The summed E-state index contributed by atoms with van der Waals surface area (Å²) >= 11 is 0. The Morgan fingerprint density at radius 2 is 2.13 bits per heavy atom. The second-order valence-corrected chi connectivity index (χ2v) is 4.09. The lowest BCUT2D eigenvalue weighted by molar-refractivity contribution is 0.263. The predicted molar refractivity (Wildman–Crippen MR) is 57.7 cm³/mol. The van der Waals surface area contributed by atoms with Gasteiger partial charge in [-0.1, -0.05) is 12.1 Å². The van der Waals surface area contributed by atoms with Gasteiger partial charge in [-0.3, -0.25) is 0 Å². The number of benzene rings is 1. The monoisotopic (exact) mass is 209 g/mol. The highest BCUT2D eigenvalue weighted by atomic mass is 19.1. The van der Waals surface area contributed by atoms with Crippen LogP contribution in [0.1, 0.15) is 18.4 Å². The second kappa shape index (κ2) is 4.62. The summed E-state index contributed by atoms with van der Waals surface area (Å²) in [6.45, 7) is 0.931. The molecule has 1 aliphatic heterocycles. The van der Waals surface area contributed by atoms with E-state index in [1.54, 1.807) is 24.3 Å². The SMILES string of the molecule is Oc1ccc(CC(F)C2CCCN2)cc1. The molecule has 1 fully saturated rings. The third-order valence-corrected chi connectivity index (χ3v) is 2.90. The van der Waals surface area contributed by atoms with Gasteiger partial charge in [0.1, 0.15) is 11.9 Å². The van der Waals surface area contributed by atoms with Gasteiger partial charge in [0, 0.05) is 12.5 Å². The highest BCUT2D eigenvalue weighted by Gasteiger charge is 2.24. The topological polar surface area (TPSA) is 32.3 Å². The van der Waals surface area contributed by atoms with Gasteiger partial charge >= 0.3 is 0 Å². The van der Waals surface area contributed by atoms with Crippen LogP contribution in [0.4, 0.5) is 4.39 Å². The summed E-state index contributed by atoms with van der Waals surface area (Å²) in [5, 5.41) is 12.3. The van der Waals surface area contributed by atoms with E-state index in [-0.39, 0.29) is 11.8 Å². The fraction of sp³-hybridized carbons (Fsp3) is 0.500. The van der Waals surface area contributed by atoms with Crippen LogP contribution in [0.3, 0.4) is 0 Å².